The second-order valence-corrected chi connectivity index (χ2v) is 7.02. The molecule has 1 aliphatic rings. The Bertz CT molecular complexity index is 955. The van der Waals surface area contributed by atoms with E-state index in [1.54, 1.807) is 29.7 Å². The molecule has 0 unspecified atom stereocenters. The lowest BCUT2D eigenvalue weighted by molar-refractivity contribution is -0.384. The number of nitrogens with zero attached hydrogens (tertiary/aromatic N) is 3. The van der Waals surface area contributed by atoms with Gasteiger partial charge in [0.2, 0.25) is 5.28 Å². The van der Waals surface area contributed by atoms with E-state index in [0.717, 1.165) is 41.0 Å². The number of fused-ring (bicyclic) bond motifs is 1. The van der Waals surface area contributed by atoms with E-state index in [4.69, 9.17) is 11.6 Å². The fourth-order valence-electron chi connectivity index (χ4n) is 3.11. The quantitative estimate of drug-likeness (QED) is 0.379. The monoisotopic (exact) mass is 357 g/mol. The van der Waals surface area contributed by atoms with E-state index in [2.05, 4.69) is 9.97 Å². The summed E-state index contributed by atoms with van der Waals surface area (Å²) in [6, 6.07) is 8.59. The third-order valence-electron chi connectivity index (χ3n) is 4.12. The van der Waals surface area contributed by atoms with Crippen molar-refractivity contribution in [1.29, 1.82) is 0 Å². The predicted octanol–water partition coefficient (Wildman–Crippen LogP) is 4.92. The number of nitro groups is 1. The lowest BCUT2D eigenvalue weighted by Crippen LogP contribution is -1.92. The van der Waals surface area contributed by atoms with Crippen molar-refractivity contribution in [3.63, 3.8) is 0 Å². The summed E-state index contributed by atoms with van der Waals surface area (Å²) in [7, 11) is 0. The fourth-order valence-corrected chi connectivity index (χ4v) is 4.66. The number of aryl methyl sites for hydroxylation is 1. The normalized spacial score (nSPS) is 13.0. The molecule has 0 radical (unpaired) electrons. The van der Waals surface area contributed by atoms with Crippen LogP contribution >= 0.6 is 22.9 Å². The molecule has 7 heteroatoms. The van der Waals surface area contributed by atoms with Gasteiger partial charge in [0.15, 0.2) is 0 Å². The van der Waals surface area contributed by atoms with Gasteiger partial charge in [-0.25, -0.2) is 9.97 Å². The topological polar surface area (TPSA) is 68.9 Å². The molecule has 0 fully saturated rings. The highest BCUT2D eigenvalue weighted by atomic mass is 35.5. The van der Waals surface area contributed by atoms with Crippen molar-refractivity contribution in [1.82, 2.24) is 9.97 Å². The molecule has 0 atom stereocenters. The van der Waals surface area contributed by atoms with Gasteiger partial charge in [-0.15, -0.1) is 11.3 Å². The molecule has 3 aromatic rings. The van der Waals surface area contributed by atoms with Crippen LogP contribution in [0.5, 0.6) is 0 Å². The summed E-state index contributed by atoms with van der Waals surface area (Å²) in [6.07, 6.45) is 4.81. The minimum Gasteiger partial charge on any atom is -0.258 e. The number of rotatable bonds is 3. The zero-order valence-corrected chi connectivity index (χ0v) is 14.1. The molecule has 0 amide bonds. The van der Waals surface area contributed by atoms with Crippen LogP contribution in [0.2, 0.25) is 5.28 Å². The van der Waals surface area contributed by atoms with E-state index in [1.165, 1.54) is 16.5 Å². The van der Waals surface area contributed by atoms with Crippen LogP contribution in [0.1, 0.15) is 16.9 Å². The Morgan fingerprint density at radius 1 is 1.25 bits per heavy atom. The third-order valence-corrected chi connectivity index (χ3v) is 5.65. The van der Waals surface area contributed by atoms with Gasteiger partial charge in [0.05, 0.1) is 10.6 Å². The Labute approximate surface area is 147 Å². The van der Waals surface area contributed by atoms with Crippen molar-refractivity contribution in [2.24, 2.45) is 0 Å². The molecular weight excluding hydrogens is 346 g/mol. The van der Waals surface area contributed by atoms with Crippen molar-refractivity contribution in [2.75, 3.05) is 0 Å². The standard InChI is InChI=1S/C17H12ClN3O2S/c18-17-19-8-7-13(20-17)15-12-5-2-6-14(12)24-16(15)10-3-1-4-11(9-10)21(22)23/h1,3-4,7-9H,2,5-6H2. The first-order chi connectivity index (χ1) is 11.6. The molecule has 0 aliphatic heterocycles. The van der Waals surface area contributed by atoms with Gasteiger partial charge in [0.1, 0.15) is 0 Å². The molecular formula is C17H12ClN3O2S. The lowest BCUT2D eigenvalue weighted by atomic mass is 10.0. The van der Waals surface area contributed by atoms with Crippen LogP contribution in [0.4, 0.5) is 5.69 Å². The molecule has 2 aromatic heterocycles. The van der Waals surface area contributed by atoms with Crippen molar-refractivity contribution in [3.8, 4) is 21.7 Å². The van der Waals surface area contributed by atoms with Gasteiger partial charge in [-0.1, -0.05) is 12.1 Å². The SMILES string of the molecule is O=[N+]([O-])c1cccc(-c2sc3c(c2-c2ccnc(Cl)n2)CCC3)c1. The van der Waals surface area contributed by atoms with E-state index in [1.807, 2.05) is 12.1 Å². The second kappa shape index (κ2) is 5.96. The van der Waals surface area contributed by atoms with Gasteiger partial charge in [-0.05, 0) is 48.1 Å². The van der Waals surface area contributed by atoms with Crippen LogP contribution in [0, 0.1) is 10.1 Å². The fraction of sp³-hybridized carbons (Fsp3) is 0.176. The molecule has 24 heavy (non-hydrogen) atoms. The summed E-state index contributed by atoms with van der Waals surface area (Å²) < 4.78 is 0. The first-order valence-electron chi connectivity index (χ1n) is 7.52. The first-order valence-corrected chi connectivity index (χ1v) is 8.71. The van der Waals surface area contributed by atoms with E-state index >= 15 is 0 Å². The number of nitro benzene ring substituents is 1. The van der Waals surface area contributed by atoms with Gasteiger partial charge in [0, 0.05) is 33.6 Å². The third kappa shape index (κ3) is 2.57. The van der Waals surface area contributed by atoms with Crippen LogP contribution < -0.4 is 0 Å². The molecule has 1 aromatic carbocycles. The maximum absolute atomic E-state index is 11.1. The number of benzene rings is 1. The Balaban J connectivity index is 1.94. The Morgan fingerprint density at radius 3 is 2.92 bits per heavy atom. The molecule has 2 heterocycles. The zero-order chi connectivity index (χ0) is 16.7. The highest BCUT2D eigenvalue weighted by Crippen LogP contribution is 2.46. The zero-order valence-electron chi connectivity index (χ0n) is 12.5. The van der Waals surface area contributed by atoms with E-state index in [-0.39, 0.29) is 15.9 Å². The minimum atomic E-state index is -0.369. The molecule has 0 saturated heterocycles. The average Bonchev–Trinajstić information content (AvgIpc) is 3.15. The summed E-state index contributed by atoms with van der Waals surface area (Å²) in [4.78, 5) is 21.4. The van der Waals surface area contributed by atoms with Crippen molar-refractivity contribution in [2.45, 2.75) is 19.3 Å². The highest BCUT2D eigenvalue weighted by Gasteiger charge is 2.25. The van der Waals surface area contributed by atoms with E-state index in [9.17, 15) is 10.1 Å². The molecule has 5 nitrogen and oxygen atoms in total. The second-order valence-electron chi connectivity index (χ2n) is 5.58. The largest absolute Gasteiger partial charge is 0.270 e. The van der Waals surface area contributed by atoms with Gasteiger partial charge in [-0.3, -0.25) is 10.1 Å². The summed E-state index contributed by atoms with van der Waals surface area (Å²) in [6.45, 7) is 0. The molecule has 1 aliphatic carbocycles. The number of aromatic nitrogens is 2. The lowest BCUT2D eigenvalue weighted by Gasteiger charge is -2.07. The van der Waals surface area contributed by atoms with Crippen LogP contribution in [-0.4, -0.2) is 14.9 Å². The average molecular weight is 358 g/mol. The van der Waals surface area contributed by atoms with Crippen LogP contribution in [0.25, 0.3) is 21.7 Å². The van der Waals surface area contributed by atoms with Crippen molar-refractivity contribution in [3.05, 3.63) is 62.4 Å². The number of hydrogen-bond donors (Lipinski definition) is 0. The molecule has 0 bridgehead atoms. The van der Waals surface area contributed by atoms with E-state index in [0.29, 0.717) is 0 Å². The van der Waals surface area contributed by atoms with Crippen LogP contribution in [-0.2, 0) is 12.8 Å². The molecule has 120 valence electrons. The molecule has 4 rings (SSSR count). The van der Waals surface area contributed by atoms with Crippen LogP contribution in [0.15, 0.2) is 36.5 Å². The van der Waals surface area contributed by atoms with Gasteiger partial charge in [0.25, 0.3) is 5.69 Å². The maximum atomic E-state index is 11.1. The minimum absolute atomic E-state index is 0.0905. The molecule has 0 spiro atoms. The van der Waals surface area contributed by atoms with Gasteiger partial charge in [-0.2, -0.15) is 0 Å². The first kappa shape index (κ1) is 15.2. The number of hydrogen-bond acceptors (Lipinski definition) is 5. The van der Waals surface area contributed by atoms with Crippen LogP contribution in [0.3, 0.4) is 0 Å². The smallest absolute Gasteiger partial charge is 0.258 e. The Morgan fingerprint density at radius 2 is 2.12 bits per heavy atom. The van der Waals surface area contributed by atoms with E-state index < -0.39 is 0 Å². The van der Waals surface area contributed by atoms with Crippen molar-refractivity contribution >= 4 is 28.6 Å². The summed E-state index contributed by atoms with van der Waals surface area (Å²) >= 11 is 7.67. The van der Waals surface area contributed by atoms with Crippen molar-refractivity contribution < 1.29 is 4.92 Å². The summed E-state index contributed by atoms with van der Waals surface area (Å²) in [5, 5.41) is 11.3. The molecule has 0 N–H and O–H groups in total. The highest BCUT2D eigenvalue weighted by molar-refractivity contribution is 7.16. The van der Waals surface area contributed by atoms with Gasteiger partial charge < -0.3 is 0 Å². The molecule has 0 saturated carbocycles. The van der Waals surface area contributed by atoms with Gasteiger partial charge >= 0.3 is 0 Å². The Hall–Kier alpha value is -2.31. The number of non-ortho nitro benzene ring substituents is 1. The number of thiophene rings is 1. The number of halogens is 1. The summed E-state index contributed by atoms with van der Waals surface area (Å²) in [5.41, 5.74) is 4.03. The maximum Gasteiger partial charge on any atom is 0.270 e. The summed E-state index contributed by atoms with van der Waals surface area (Å²) in [5.74, 6) is 0. The Kier molecular flexibility index (Phi) is 3.78. The predicted molar refractivity (Wildman–Crippen MR) is 94.5 cm³/mol.